The van der Waals surface area contributed by atoms with Gasteiger partial charge in [-0.1, -0.05) is 0 Å². The van der Waals surface area contributed by atoms with Crippen molar-refractivity contribution in [2.24, 2.45) is 0 Å². The van der Waals surface area contributed by atoms with E-state index in [0.29, 0.717) is 0 Å². The second kappa shape index (κ2) is 6.95. The number of carbonyl (C=O) groups excluding carboxylic acids is 1. The van der Waals surface area contributed by atoms with Crippen LogP contribution in [0.4, 0.5) is 4.79 Å². The highest BCUT2D eigenvalue weighted by atomic mass is 16.6. The number of hydrogen-bond acceptors (Lipinski definition) is 4. The van der Waals surface area contributed by atoms with Gasteiger partial charge in [0.15, 0.2) is 0 Å². The van der Waals surface area contributed by atoms with E-state index in [4.69, 9.17) is 4.74 Å². The van der Waals surface area contributed by atoms with E-state index in [0.717, 1.165) is 39.1 Å². The predicted octanol–water partition coefficient (Wildman–Crippen LogP) is 1.19. The van der Waals surface area contributed by atoms with Crippen molar-refractivity contribution in [1.29, 1.82) is 0 Å². The number of nitrogens with one attached hydrogen (secondary N) is 2. The van der Waals surface area contributed by atoms with Gasteiger partial charge in [-0.3, -0.25) is 0 Å². The number of rotatable bonds is 4. The summed E-state index contributed by atoms with van der Waals surface area (Å²) in [5, 5.41) is 6.20. The van der Waals surface area contributed by atoms with E-state index < -0.39 is 5.60 Å². The smallest absolute Gasteiger partial charge is 0.407 e. The van der Waals surface area contributed by atoms with E-state index in [2.05, 4.69) is 15.5 Å². The van der Waals surface area contributed by atoms with Crippen LogP contribution in [0.1, 0.15) is 34.1 Å². The first-order valence-electron chi connectivity index (χ1n) is 6.79. The fraction of sp³-hybridized carbons (Fsp3) is 0.923. The van der Waals surface area contributed by atoms with Gasteiger partial charge >= 0.3 is 6.09 Å². The molecule has 1 saturated heterocycles. The Kier molecular flexibility index (Phi) is 5.88. The molecule has 1 aliphatic rings. The largest absolute Gasteiger partial charge is 0.444 e. The summed E-state index contributed by atoms with van der Waals surface area (Å²) in [6, 6.07) is 0.148. The molecule has 1 atom stereocenters. The fourth-order valence-corrected chi connectivity index (χ4v) is 1.89. The lowest BCUT2D eigenvalue weighted by atomic mass is 10.2. The minimum atomic E-state index is -0.428. The van der Waals surface area contributed by atoms with Crippen LogP contribution in [0.2, 0.25) is 0 Å². The second-order valence-electron chi connectivity index (χ2n) is 5.93. The van der Waals surface area contributed by atoms with Crippen LogP contribution in [0.3, 0.4) is 0 Å². The zero-order valence-corrected chi connectivity index (χ0v) is 12.1. The third-order valence-electron chi connectivity index (χ3n) is 2.85. The molecule has 1 fully saturated rings. The van der Waals surface area contributed by atoms with Crippen LogP contribution in [0, 0.1) is 0 Å². The minimum absolute atomic E-state index is 0.148. The van der Waals surface area contributed by atoms with Crippen molar-refractivity contribution in [3.8, 4) is 0 Å². The van der Waals surface area contributed by atoms with Crippen molar-refractivity contribution in [3.63, 3.8) is 0 Å². The monoisotopic (exact) mass is 257 g/mol. The number of hydrogen-bond donors (Lipinski definition) is 2. The molecule has 106 valence electrons. The number of nitrogens with zero attached hydrogens (tertiary/aromatic N) is 1. The maximum Gasteiger partial charge on any atom is 0.407 e. The van der Waals surface area contributed by atoms with Crippen LogP contribution in [-0.4, -0.2) is 55.4 Å². The van der Waals surface area contributed by atoms with Crippen LogP contribution in [0.5, 0.6) is 0 Å². The summed E-state index contributed by atoms with van der Waals surface area (Å²) in [4.78, 5) is 14.0. The topological polar surface area (TPSA) is 53.6 Å². The van der Waals surface area contributed by atoms with Crippen LogP contribution < -0.4 is 10.6 Å². The molecule has 0 aliphatic carbocycles. The molecular weight excluding hydrogens is 230 g/mol. The van der Waals surface area contributed by atoms with E-state index >= 15 is 0 Å². The van der Waals surface area contributed by atoms with Crippen LogP contribution >= 0.6 is 0 Å². The van der Waals surface area contributed by atoms with Gasteiger partial charge in [0.2, 0.25) is 0 Å². The molecule has 2 N–H and O–H groups in total. The van der Waals surface area contributed by atoms with Gasteiger partial charge in [-0.25, -0.2) is 4.79 Å². The normalized spacial score (nSPS) is 19.3. The van der Waals surface area contributed by atoms with Crippen molar-refractivity contribution in [1.82, 2.24) is 15.5 Å². The van der Waals surface area contributed by atoms with Crippen molar-refractivity contribution in [2.45, 2.75) is 45.8 Å². The van der Waals surface area contributed by atoms with Gasteiger partial charge in [0, 0.05) is 38.8 Å². The van der Waals surface area contributed by atoms with E-state index in [1.165, 1.54) is 0 Å². The Bertz CT molecular complexity index is 257. The molecule has 0 spiro atoms. The van der Waals surface area contributed by atoms with Crippen molar-refractivity contribution in [2.75, 3.05) is 32.7 Å². The first-order valence-corrected chi connectivity index (χ1v) is 6.79. The number of ether oxygens (including phenoxy) is 1. The molecule has 0 aromatic carbocycles. The minimum Gasteiger partial charge on any atom is -0.444 e. The Balaban J connectivity index is 2.16. The maximum atomic E-state index is 11.6. The molecule has 5 nitrogen and oxygen atoms in total. The van der Waals surface area contributed by atoms with E-state index in [1.807, 2.05) is 27.7 Å². The highest BCUT2D eigenvalue weighted by molar-refractivity contribution is 5.67. The third-order valence-corrected chi connectivity index (χ3v) is 2.85. The predicted molar refractivity (Wildman–Crippen MR) is 72.8 cm³/mol. The first-order chi connectivity index (χ1) is 8.37. The molecule has 1 heterocycles. The quantitative estimate of drug-likeness (QED) is 0.794. The van der Waals surface area contributed by atoms with E-state index in [9.17, 15) is 4.79 Å². The molecule has 1 aliphatic heterocycles. The van der Waals surface area contributed by atoms with Gasteiger partial charge in [0.05, 0.1) is 0 Å². The zero-order chi connectivity index (χ0) is 13.6. The molecule has 0 bridgehead atoms. The van der Waals surface area contributed by atoms with Gasteiger partial charge in [-0.15, -0.1) is 0 Å². The molecule has 1 rings (SSSR count). The van der Waals surface area contributed by atoms with Gasteiger partial charge in [0.1, 0.15) is 5.60 Å². The van der Waals surface area contributed by atoms with Crippen molar-refractivity contribution in [3.05, 3.63) is 0 Å². The number of piperazine rings is 1. The lowest BCUT2D eigenvalue weighted by Gasteiger charge is -2.28. The van der Waals surface area contributed by atoms with Crippen molar-refractivity contribution >= 4 is 6.09 Å². The number of amides is 1. The SMILES string of the molecule is C[C@@H](CCN1CCNCC1)NC(=O)OC(C)(C)C. The Labute approximate surface area is 110 Å². The average Bonchev–Trinajstić information content (AvgIpc) is 2.25. The van der Waals surface area contributed by atoms with Crippen LogP contribution in [0.15, 0.2) is 0 Å². The summed E-state index contributed by atoms with van der Waals surface area (Å²) in [6.45, 7) is 13.0. The Morgan fingerprint density at radius 2 is 2.00 bits per heavy atom. The van der Waals surface area contributed by atoms with Crippen LogP contribution in [-0.2, 0) is 4.74 Å². The molecule has 0 aromatic rings. The van der Waals surface area contributed by atoms with E-state index in [1.54, 1.807) is 0 Å². The molecule has 0 unspecified atom stereocenters. The molecule has 18 heavy (non-hydrogen) atoms. The summed E-state index contributed by atoms with van der Waals surface area (Å²) in [7, 11) is 0. The van der Waals surface area contributed by atoms with Crippen molar-refractivity contribution < 1.29 is 9.53 Å². The molecular formula is C13H27N3O2. The summed E-state index contributed by atoms with van der Waals surface area (Å²) >= 11 is 0. The number of carbonyl (C=O) groups is 1. The first kappa shape index (κ1) is 15.2. The summed E-state index contributed by atoms with van der Waals surface area (Å²) in [6.07, 6.45) is 0.634. The maximum absolute atomic E-state index is 11.6. The van der Waals surface area contributed by atoms with Crippen LogP contribution in [0.25, 0.3) is 0 Å². The molecule has 0 radical (unpaired) electrons. The number of alkyl carbamates (subject to hydrolysis) is 1. The fourth-order valence-electron chi connectivity index (χ4n) is 1.89. The third kappa shape index (κ3) is 6.81. The lowest BCUT2D eigenvalue weighted by Crippen LogP contribution is -2.45. The summed E-state index contributed by atoms with van der Waals surface area (Å²) in [5.41, 5.74) is -0.428. The summed E-state index contributed by atoms with van der Waals surface area (Å²) in [5.74, 6) is 0. The Morgan fingerprint density at radius 3 is 2.56 bits per heavy atom. The van der Waals surface area contributed by atoms with Gasteiger partial charge < -0.3 is 20.3 Å². The van der Waals surface area contributed by atoms with E-state index in [-0.39, 0.29) is 12.1 Å². The van der Waals surface area contributed by atoms with Gasteiger partial charge in [-0.05, 0) is 34.1 Å². The molecule has 5 heteroatoms. The Morgan fingerprint density at radius 1 is 1.39 bits per heavy atom. The van der Waals surface area contributed by atoms with Gasteiger partial charge in [-0.2, -0.15) is 0 Å². The lowest BCUT2D eigenvalue weighted by molar-refractivity contribution is 0.0503. The standard InChI is InChI=1S/C13H27N3O2/c1-11(15-12(17)18-13(2,3)4)5-8-16-9-6-14-7-10-16/h11,14H,5-10H2,1-4H3,(H,15,17)/t11-/m0/s1. The summed E-state index contributed by atoms with van der Waals surface area (Å²) < 4.78 is 5.23. The highest BCUT2D eigenvalue weighted by Crippen LogP contribution is 2.07. The molecule has 0 aromatic heterocycles. The zero-order valence-electron chi connectivity index (χ0n) is 12.1. The average molecular weight is 257 g/mol. The Hall–Kier alpha value is -0.810. The highest BCUT2D eigenvalue weighted by Gasteiger charge is 2.18. The molecule has 1 amide bonds. The second-order valence-corrected chi connectivity index (χ2v) is 5.93. The molecule has 0 saturated carbocycles. The van der Waals surface area contributed by atoms with Gasteiger partial charge in [0.25, 0.3) is 0 Å².